The van der Waals surface area contributed by atoms with Crippen LogP contribution < -0.4 is 16.4 Å². The molecule has 0 aliphatic rings. The lowest BCUT2D eigenvalue weighted by molar-refractivity contribution is -0.384. The zero-order chi connectivity index (χ0) is 15.7. The first kappa shape index (κ1) is 16.7. The largest absolute Gasteiger partial charge is 0.385 e. The predicted octanol–water partition coefficient (Wildman–Crippen LogP) is 2.48. The maximum atomic E-state index is 10.9. The van der Waals surface area contributed by atoms with Crippen LogP contribution in [0.5, 0.6) is 0 Å². The summed E-state index contributed by atoms with van der Waals surface area (Å²) in [5.41, 5.74) is 6.54. The minimum atomic E-state index is -0.407. The fourth-order valence-electron chi connectivity index (χ4n) is 1.85. The number of nitrogens with two attached hydrogens (primary N) is 1. The van der Waals surface area contributed by atoms with Crippen LogP contribution in [0.25, 0.3) is 0 Å². The molecule has 4 N–H and O–H groups in total. The summed E-state index contributed by atoms with van der Waals surface area (Å²) >= 11 is 0. The van der Waals surface area contributed by atoms with Crippen LogP contribution in [0.1, 0.15) is 32.6 Å². The topological polar surface area (TPSA) is 110 Å². The number of non-ortho nitro benzene ring substituents is 1. The SMILES string of the molecule is CCCNc1cc(NCCCCC(N)=O)cc([N+](=O)[O-])c1. The number of anilines is 2. The number of hydrogen-bond acceptors (Lipinski definition) is 5. The molecule has 0 aliphatic heterocycles. The maximum Gasteiger partial charge on any atom is 0.273 e. The Morgan fingerprint density at radius 3 is 2.33 bits per heavy atom. The van der Waals surface area contributed by atoms with Crippen molar-refractivity contribution in [2.24, 2.45) is 5.73 Å². The lowest BCUT2D eigenvalue weighted by Gasteiger charge is -2.10. The minimum absolute atomic E-state index is 0.0516. The first-order valence-corrected chi connectivity index (χ1v) is 7.08. The molecule has 0 saturated carbocycles. The molecule has 0 aliphatic carbocycles. The third-order valence-electron chi connectivity index (χ3n) is 2.89. The highest BCUT2D eigenvalue weighted by atomic mass is 16.6. The molecule has 0 heterocycles. The van der Waals surface area contributed by atoms with E-state index in [-0.39, 0.29) is 11.6 Å². The third-order valence-corrected chi connectivity index (χ3v) is 2.89. The lowest BCUT2D eigenvalue weighted by Crippen LogP contribution is -2.11. The molecule has 21 heavy (non-hydrogen) atoms. The average molecular weight is 294 g/mol. The van der Waals surface area contributed by atoms with Crippen molar-refractivity contribution < 1.29 is 9.72 Å². The highest BCUT2D eigenvalue weighted by molar-refractivity contribution is 5.73. The Balaban J connectivity index is 2.60. The number of nitrogens with one attached hydrogen (secondary N) is 2. The Morgan fingerprint density at radius 2 is 1.81 bits per heavy atom. The van der Waals surface area contributed by atoms with Crippen molar-refractivity contribution in [3.05, 3.63) is 28.3 Å². The van der Waals surface area contributed by atoms with E-state index < -0.39 is 4.92 Å². The number of rotatable bonds is 10. The van der Waals surface area contributed by atoms with E-state index in [9.17, 15) is 14.9 Å². The quantitative estimate of drug-likeness (QED) is 0.349. The summed E-state index contributed by atoms with van der Waals surface area (Å²) in [5, 5.41) is 17.2. The van der Waals surface area contributed by atoms with Crippen molar-refractivity contribution in [1.29, 1.82) is 0 Å². The number of unbranched alkanes of at least 4 members (excludes halogenated alkanes) is 1. The smallest absolute Gasteiger partial charge is 0.273 e. The number of benzene rings is 1. The van der Waals surface area contributed by atoms with E-state index in [1.54, 1.807) is 0 Å². The summed E-state index contributed by atoms with van der Waals surface area (Å²) in [4.78, 5) is 21.1. The minimum Gasteiger partial charge on any atom is -0.385 e. The van der Waals surface area contributed by atoms with Gasteiger partial charge in [0.2, 0.25) is 5.91 Å². The Kier molecular flexibility index (Phi) is 7.00. The molecule has 116 valence electrons. The van der Waals surface area contributed by atoms with Gasteiger partial charge in [-0.3, -0.25) is 14.9 Å². The van der Waals surface area contributed by atoms with Crippen LogP contribution in [0.4, 0.5) is 17.1 Å². The van der Waals surface area contributed by atoms with Gasteiger partial charge in [-0.15, -0.1) is 0 Å². The molecule has 0 saturated heterocycles. The Hall–Kier alpha value is -2.31. The van der Waals surface area contributed by atoms with Gasteiger partial charge in [0.15, 0.2) is 0 Å². The van der Waals surface area contributed by atoms with Gasteiger partial charge in [-0.05, 0) is 25.3 Å². The molecule has 1 amide bonds. The third kappa shape index (κ3) is 6.60. The van der Waals surface area contributed by atoms with Crippen molar-refractivity contribution in [2.45, 2.75) is 32.6 Å². The number of nitrogens with zero attached hydrogens (tertiary/aromatic N) is 1. The van der Waals surface area contributed by atoms with Crippen molar-refractivity contribution >= 4 is 23.0 Å². The van der Waals surface area contributed by atoms with Crippen molar-refractivity contribution in [3.63, 3.8) is 0 Å². The van der Waals surface area contributed by atoms with Gasteiger partial charge in [-0.1, -0.05) is 6.92 Å². The maximum absolute atomic E-state index is 10.9. The second kappa shape index (κ2) is 8.78. The van der Waals surface area contributed by atoms with Crippen LogP contribution in [0, 0.1) is 10.1 Å². The number of nitro groups is 1. The summed E-state index contributed by atoms with van der Waals surface area (Å²) in [6.45, 7) is 3.43. The summed E-state index contributed by atoms with van der Waals surface area (Å²) in [6, 6.07) is 4.87. The Labute approximate surface area is 124 Å². The average Bonchev–Trinajstić information content (AvgIpc) is 2.44. The molecule has 0 atom stereocenters. The van der Waals surface area contributed by atoms with Gasteiger partial charge < -0.3 is 16.4 Å². The fraction of sp³-hybridized carbons (Fsp3) is 0.500. The monoisotopic (exact) mass is 294 g/mol. The van der Waals surface area contributed by atoms with E-state index in [0.717, 1.165) is 25.1 Å². The number of carbonyl (C=O) groups is 1. The van der Waals surface area contributed by atoms with Gasteiger partial charge in [-0.25, -0.2) is 0 Å². The Bertz CT molecular complexity index is 491. The second-order valence-corrected chi connectivity index (χ2v) is 4.80. The standard InChI is InChI=1S/C14H22N4O3/c1-2-6-16-11-8-12(10-13(9-11)18(20)21)17-7-4-3-5-14(15)19/h8-10,16-17H,2-7H2,1H3,(H2,15,19). The summed E-state index contributed by atoms with van der Waals surface area (Å²) < 4.78 is 0. The number of hydrogen-bond donors (Lipinski definition) is 3. The lowest BCUT2D eigenvalue weighted by atomic mass is 10.2. The van der Waals surface area contributed by atoms with Gasteiger partial charge in [0.1, 0.15) is 0 Å². The number of primary amides is 1. The van der Waals surface area contributed by atoms with E-state index in [2.05, 4.69) is 10.6 Å². The molecule has 0 aromatic heterocycles. The molecule has 0 fully saturated rings. The zero-order valence-corrected chi connectivity index (χ0v) is 12.2. The van der Waals surface area contributed by atoms with Gasteiger partial charge in [0.25, 0.3) is 5.69 Å². The fourth-order valence-corrected chi connectivity index (χ4v) is 1.85. The van der Waals surface area contributed by atoms with Gasteiger partial charge in [0.05, 0.1) is 4.92 Å². The van der Waals surface area contributed by atoms with E-state index in [1.807, 2.05) is 13.0 Å². The molecule has 1 rings (SSSR count). The Morgan fingerprint density at radius 1 is 1.19 bits per heavy atom. The highest BCUT2D eigenvalue weighted by Crippen LogP contribution is 2.24. The van der Waals surface area contributed by atoms with Crippen molar-refractivity contribution in [1.82, 2.24) is 0 Å². The van der Waals surface area contributed by atoms with E-state index in [0.29, 0.717) is 25.1 Å². The van der Waals surface area contributed by atoms with Crippen LogP contribution in [-0.2, 0) is 4.79 Å². The molecule has 1 aromatic rings. The molecule has 0 spiro atoms. The zero-order valence-electron chi connectivity index (χ0n) is 12.2. The summed E-state index contributed by atoms with van der Waals surface area (Å²) in [7, 11) is 0. The molecule has 0 radical (unpaired) electrons. The summed E-state index contributed by atoms with van der Waals surface area (Å²) in [6.07, 6.45) is 2.79. The molecule has 0 unspecified atom stereocenters. The molecule has 7 heteroatoms. The van der Waals surface area contributed by atoms with Gasteiger partial charge in [-0.2, -0.15) is 0 Å². The second-order valence-electron chi connectivity index (χ2n) is 4.80. The molecule has 7 nitrogen and oxygen atoms in total. The number of amides is 1. The predicted molar refractivity (Wildman–Crippen MR) is 83.4 cm³/mol. The van der Waals surface area contributed by atoms with Gasteiger partial charge >= 0.3 is 0 Å². The molecular formula is C14H22N4O3. The first-order valence-electron chi connectivity index (χ1n) is 7.08. The normalized spacial score (nSPS) is 10.1. The van der Waals surface area contributed by atoms with Crippen LogP contribution in [-0.4, -0.2) is 23.9 Å². The van der Waals surface area contributed by atoms with Crippen LogP contribution >= 0.6 is 0 Å². The molecular weight excluding hydrogens is 272 g/mol. The summed E-state index contributed by atoms with van der Waals surface area (Å²) in [5.74, 6) is -0.309. The van der Waals surface area contributed by atoms with E-state index in [4.69, 9.17) is 5.73 Å². The van der Waals surface area contributed by atoms with Crippen molar-refractivity contribution in [2.75, 3.05) is 23.7 Å². The first-order chi connectivity index (χ1) is 10.0. The molecule has 0 bridgehead atoms. The number of nitro benzene ring substituents is 1. The van der Waals surface area contributed by atoms with Crippen LogP contribution in [0.2, 0.25) is 0 Å². The van der Waals surface area contributed by atoms with E-state index >= 15 is 0 Å². The van der Waals surface area contributed by atoms with Gasteiger partial charge in [0, 0.05) is 43.0 Å². The van der Waals surface area contributed by atoms with E-state index in [1.165, 1.54) is 12.1 Å². The number of carbonyl (C=O) groups excluding carboxylic acids is 1. The van der Waals surface area contributed by atoms with Crippen LogP contribution in [0.3, 0.4) is 0 Å². The highest BCUT2D eigenvalue weighted by Gasteiger charge is 2.09. The van der Waals surface area contributed by atoms with Crippen molar-refractivity contribution in [3.8, 4) is 0 Å². The molecule has 1 aromatic carbocycles. The van der Waals surface area contributed by atoms with Crippen LogP contribution in [0.15, 0.2) is 18.2 Å².